The van der Waals surface area contributed by atoms with Gasteiger partial charge in [-0.25, -0.2) is 4.79 Å². The number of methoxy groups -OCH3 is 1. The molecule has 6 heteroatoms. The number of ether oxygens (including phenoxy) is 1. The second-order valence-electron chi connectivity index (χ2n) is 7.07. The molecule has 0 saturated carbocycles. The lowest BCUT2D eigenvalue weighted by atomic mass is 10.1. The summed E-state index contributed by atoms with van der Waals surface area (Å²) in [4.78, 5) is 20.2. The molecule has 28 heavy (non-hydrogen) atoms. The molecule has 2 N–H and O–H groups in total. The van der Waals surface area contributed by atoms with Crippen LogP contribution < -0.4 is 10.1 Å². The molecule has 0 aliphatic carbocycles. The third kappa shape index (κ3) is 3.97. The van der Waals surface area contributed by atoms with E-state index >= 15 is 0 Å². The number of hydrogen-bond acceptors (Lipinski definition) is 3. The maximum Gasteiger partial charge on any atom is 0.322 e. The molecule has 1 fully saturated rings. The number of benzene rings is 2. The Kier molecular flexibility index (Phi) is 5.48. The molecule has 3 aromatic rings. The van der Waals surface area contributed by atoms with Crippen molar-refractivity contribution in [1.82, 2.24) is 14.8 Å². The summed E-state index contributed by atoms with van der Waals surface area (Å²) in [5.74, 6) is 0.674. The van der Waals surface area contributed by atoms with E-state index in [9.17, 15) is 4.79 Å². The molecule has 4 rings (SSSR count). The number of carbonyl (C=O) groups is 1. The van der Waals surface area contributed by atoms with Crippen LogP contribution in [-0.2, 0) is 6.42 Å². The fourth-order valence-corrected chi connectivity index (χ4v) is 3.73. The molecular weight excluding hydrogens is 352 g/mol. The number of anilines is 1. The summed E-state index contributed by atoms with van der Waals surface area (Å²) in [6, 6.07) is 15.8. The largest absolute Gasteiger partial charge is 0.495 e. The summed E-state index contributed by atoms with van der Waals surface area (Å²) in [6.07, 6.45) is 3.12. The Labute approximate surface area is 165 Å². The van der Waals surface area contributed by atoms with Gasteiger partial charge < -0.3 is 19.9 Å². The van der Waals surface area contributed by atoms with Gasteiger partial charge in [-0.2, -0.15) is 0 Å². The molecule has 1 saturated heterocycles. The van der Waals surface area contributed by atoms with Gasteiger partial charge in [-0.1, -0.05) is 30.3 Å². The van der Waals surface area contributed by atoms with Crippen LogP contribution in [0.2, 0.25) is 0 Å². The first-order valence-corrected chi connectivity index (χ1v) is 9.71. The number of H-pyrrole nitrogens is 1. The second kappa shape index (κ2) is 8.35. The third-order valence-corrected chi connectivity index (χ3v) is 5.38. The van der Waals surface area contributed by atoms with Crippen LogP contribution in [0.4, 0.5) is 10.5 Å². The average molecular weight is 378 g/mol. The highest BCUT2D eigenvalue weighted by molar-refractivity contribution is 5.91. The first-order chi connectivity index (χ1) is 13.7. The Bertz CT molecular complexity index is 944. The van der Waals surface area contributed by atoms with Gasteiger partial charge in [-0.05, 0) is 30.2 Å². The molecule has 1 aliphatic heterocycles. The molecule has 0 bridgehead atoms. The van der Waals surface area contributed by atoms with E-state index in [0.29, 0.717) is 11.4 Å². The number of aromatic nitrogens is 1. The average Bonchev–Trinajstić information content (AvgIpc) is 3.16. The van der Waals surface area contributed by atoms with Gasteiger partial charge in [0, 0.05) is 49.8 Å². The van der Waals surface area contributed by atoms with Gasteiger partial charge in [0.1, 0.15) is 5.75 Å². The van der Waals surface area contributed by atoms with Crippen LogP contribution >= 0.6 is 0 Å². The number of nitrogens with one attached hydrogen (secondary N) is 2. The van der Waals surface area contributed by atoms with E-state index in [2.05, 4.69) is 45.7 Å². The number of amides is 2. The van der Waals surface area contributed by atoms with Crippen LogP contribution in [0.1, 0.15) is 5.56 Å². The number of hydrogen-bond donors (Lipinski definition) is 2. The van der Waals surface area contributed by atoms with Crippen molar-refractivity contribution in [2.45, 2.75) is 6.42 Å². The normalized spacial score (nSPS) is 15.0. The van der Waals surface area contributed by atoms with Crippen LogP contribution in [0, 0.1) is 0 Å². The van der Waals surface area contributed by atoms with Crippen molar-refractivity contribution in [3.8, 4) is 5.75 Å². The van der Waals surface area contributed by atoms with E-state index in [1.54, 1.807) is 7.11 Å². The van der Waals surface area contributed by atoms with E-state index in [1.165, 1.54) is 16.5 Å². The Morgan fingerprint density at radius 2 is 1.82 bits per heavy atom. The summed E-state index contributed by atoms with van der Waals surface area (Å²) in [7, 11) is 1.61. The minimum atomic E-state index is -0.0687. The number of rotatable bonds is 5. The Morgan fingerprint density at radius 3 is 2.64 bits per heavy atom. The third-order valence-electron chi connectivity index (χ3n) is 5.38. The summed E-state index contributed by atoms with van der Waals surface area (Å²) >= 11 is 0. The molecule has 146 valence electrons. The zero-order chi connectivity index (χ0) is 19.3. The predicted octanol–water partition coefficient (Wildman–Crippen LogP) is 3.57. The molecule has 2 aromatic carbocycles. The van der Waals surface area contributed by atoms with Crippen LogP contribution in [0.3, 0.4) is 0 Å². The fraction of sp³-hybridized carbons (Fsp3) is 0.318. The molecule has 6 nitrogen and oxygen atoms in total. The van der Waals surface area contributed by atoms with Gasteiger partial charge in [0.05, 0.1) is 12.8 Å². The van der Waals surface area contributed by atoms with Crippen LogP contribution in [-0.4, -0.2) is 60.6 Å². The maximum absolute atomic E-state index is 12.6. The predicted molar refractivity (Wildman–Crippen MR) is 112 cm³/mol. The second-order valence-corrected chi connectivity index (χ2v) is 7.07. The van der Waals surface area contributed by atoms with E-state index in [0.717, 1.165) is 39.1 Å². The van der Waals surface area contributed by atoms with E-state index < -0.39 is 0 Å². The van der Waals surface area contributed by atoms with Gasteiger partial charge in [0.2, 0.25) is 0 Å². The van der Waals surface area contributed by atoms with Crippen molar-refractivity contribution in [2.24, 2.45) is 0 Å². The van der Waals surface area contributed by atoms with Gasteiger partial charge in [-0.3, -0.25) is 4.90 Å². The Hall–Kier alpha value is -2.99. The van der Waals surface area contributed by atoms with E-state index in [4.69, 9.17) is 4.74 Å². The molecule has 2 heterocycles. The van der Waals surface area contributed by atoms with Gasteiger partial charge in [0.25, 0.3) is 0 Å². The molecule has 0 spiro atoms. The van der Waals surface area contributed by atoms with Crippen LogP contribution in [0.15, 0.2) is 54.7 Å². The summed E-state index contributed by atoms with van der Waals surface area (Å²) in [5, 5.41) is 4.26. The molecular formula is C22H26N4O2. The zero-order valence-electron chi connectivity index (χ0n) is 16.1. The lowest BCUT2D eigenvalue weighted by Crippen LogP contribution is -2.50. The molecule has 2 amide bonds. The Morgan fingerprint density at radius 1 is 1.07 bits per heavy atom. The summed E-state index contributed by atoms with van der Waals surface area (Å²) in [5.41, 5.74) is 3.25. The highest BCUT2D eigenvalue weighted by Gasteiger charge is 2.21. The number of aromatic amines is 1. The first kappa shape index (κ1) is 18.4. The highest BCUT2D eigenvalue weighted by atomic mass is 16.5. The maximum atomic E-state index is 12.6. The quantitative estimate of drug-likeness (QED) is 0.714. The molecule has 0 unspecified atom stereocenters. The number of fused-ring (bicyclic) bond motifs is 1. The smallest absolute Gasteiger partial charge is 0.322 e. The monoisotopic (exact) mass is 378 g/mol. The Balaban J connectivity index is 1.28. The molecule has 1 aromatic heterocycles. The minimum absolute atomic E-state index is 0.0687. The first-order valence-electron chi connectivity index (χ1n) is 9.71. The fourth-order valence-electron chi connectivity index (χ4n) is 3.73. The molecule has 1 aliphatic rings. The SMILES string of the molecule is COc1ccccc1NC(=O)N1CCN(CCc2c[nH]c3ccccc23)CC1. The van der Waals surface area contributed by atoms with Crippen molar-refractivity contribution in [3.05, 3.63) is 60.3 Å². The topological polar surface area (TPSA) is 60.6 Å². The number of carbonyl (C=O) groups excluding carboxylic acids is 1. The van der Waals surface area contributed by atoms with Gasteiger partial charge in [-0.15, -0.1) is 0 Å². The van der Waals surface area contributed by atoms with E-state index in [1.807, 2.05) is 29.2 Å². The van der Waals surface area contributed by atoms with E-state index in [-0.39, 0.29) is 6.03 Å². The minimum Gasteiger partial charge on any atom is -0.495 e. The van der Waals surface area contributed by atoms with Crippen LogP contribution in [0.5, 0.6) is 5.75 Å². The lowest BCUT2D eigenvalue weighted by Gasteiger charge is -2.34. The van der Waals surface area contributed by atoms with Crippen molar-refractivity contribution in [3.63, 3.8) is 0 Å². The number of urea groups is 1. The highest BCUT2D eigenvalue weighted by Crippen LogP contribution is 2.23. The number of piperazine rings is 1. The van der Waals surface area contributed by atoms with Crippen molar-refractivity contribution >= 4 is 22.6 Å². The number of para-hydroxylation sites is 3. The van der Waals surface area contributed by atoms with Crippen LogP contribution in [0.25, 0.3) is 10.9 Å². The molecule has 0 atom stereocenters. The van der Waals surface area contributed by atoms with Crippen molar-refractivity contribution < 1.29 is 9.53 Å². The van der Waals surface area contributed by atoms with Gasteiger partial charge >= 0.3 is 6.03 Å². The van der Waals surface area contributed by atoms with Crippen molar-refractivity contribution in [1.29, 1.82) is 0 Å². The lowest BCUT2D eigenvalue weighted by molar-refractivity contribution is 0.148. The summed E-state index contributed by atoms with van der Waals surface area (Å²) in [6.45, 7) is 4.25. The molecule has 0 radical (unpaired) electrons. The summed E-state index contributed by atoms with van der Waals surface area (Å²) < 4.78 is 5.30. The standard InChI is InChI=1S/C22H26N4O2/c1-28-21-9-5-4-8-20(21)24-22(27)26-14-12-25(13-15-26)11-10-17-16-23-19-7-3-2-6-18(17)19/h2-9,16,23H,10-15H2,1H3,(H,24,27). The zero-order valence-corrected chi connectivity index (χ0v) is 16.1. The van der Waals surface area contributed by atoms with Crippen molar-refractivity contribution in [2.75, 3.05) is 45.2 Å². The number of nitrogens with zero attached hydrogens (tertiary/aromatic N) is 2. The van der Waals surface area contributed by atoms with Gasteiger partial charge in [0.15, 0.2) is 0 Å².